The molecule has 0 amide bonds. The highest BCUT2D eigenvalue weighted by molar-refractivity contribution is 7.47. The van der Waals surface area contributed by atoms with E-state index in [0.717, 1.165) is 108 Å². The molecule has 546 valence electrons. The Balaban J connectivity index is 5.26. The van der Waals surface area contributed by atoms with E-state index in [1.54, 1.807) is 0 Å². The molecular weight excluding hydrogens is 1210 g/mol. The van der Waals surface area contributed by atoms with Crippen molar-refractivity contribution in [3.05, 3.63) is 0 Å². The molecule has 0 bridgehead atoms. The van der Waals surface area contributed by atoms with Gasteiger partial charge in [0.15, 0.2) is 12.2 Å². The number of carbonyl (C=O) groups excluding carboxylic acids is 4. The fourth-order valence-corrected chi connectivity index (χ4v) is 12.7. The molecule has 0 aliphatic rings. The number of aliphatic hydroxyl groups is 1. The van der Waals surface area contributed by atoms with Gasteiger partial charge in [-0.1, -0.05) is 318 Å². The molecule has 5 atom stereocenters. The third kappa shape index (κ3) is 66.7. The monoisotopic (exact) mass is 1350 g/mol. The molecule has 92 heavy (non-hydrogen) atoms. The summed E-state index contributed by atoms with van der Waals surface area (Å²) >= 11 is 0. The molecule has 0 heterocycles. The molecule has 0 saturated carbocycles. The number of ether oxygens (including phenoxy) is 4. The number of phosphoric acid groups is 2. The third-order valence-electron chi connectivity index (χ3n) is 16.9. The number of hydrogen-bond acceptors (Lipinski definition) is 15. The van der Waals surface area contributed by atoms with E-state index in [0.29, 0.717) is 25.7 Å². The summed E-state index contributed by atoms with van der Waals surface area (Å²) in [5.74, 6) is 0.179. The van der Waals surface area contributed by atoms with E-state index in [-0.39, 0.29) is 25.7 Å². The highest BCUT2D eigenvalue weighted by Gasteiger charge is 2.30. The molecular formula is C73H142O17P2. The lowest BCUT2D eigenvalue weighted by atomic mass is 10.0. The number of rotatable bonds is 71. The highest BCUT2D eigenvalue weighted by atomic mass is 31.2. The smallest absolute Gasteiger partial charge is 0.462 e. The molecule has 0 aromatic heterocycles. The number of phosphoric ester groups is 2. The molecule has 0 fully saturated rings. The predicted molar refractivity (Wildman–Crippen MR) is 372 cm³/mol. The lowest BCUT2D eigenvalue weighted by Crippen LogP contribution is -2.30. The topological polar surface area (TPSA) is 237 Å². The lowest BCUT2D eigenvalue weighted by molar-refractivity contribution is -0.161. The summed E-state index contributed by atoms with van der Waals surface area (Å²) in [5.41, 5.74) is 0. The van der Waals surface area contributed by atoms with Crippen LogP contribution in [0.1, 0.15) is 370 Å². The highest BCUT2D eigenvalue weighted by Crippen LogP contribution is 2.45. The molecule has 0 aromatic rings. The molecule has 2 unspecified atom stereocenters. The number of carbonyl (C=O) groups is 4. The van der Waals surface area contributed by atoms with E-state index in [1.165, 1.54) is 180 Å². The zero-order valence-corrected chi connectivity index (χ0v) is 61.8. The van der Waals surface area contributed by atoms with Gasteiger partial charge in [0.05, 0.1) is 26.4 Å². The first-order valence-corrected chi connectivity index (χ1v) is 40.8. The molecule has 0 aromatic carbocycles. The summed E-state index contributed by atoms with van der Waals surface area (Å²) in [6, 6.07) is 0. The number of hydrogen-bond donors (Lipinski definition) is 3. The molecule has 0 rings (SSSR count). The van der Waals surface area contributed by atoms with Gasteiger partial charge in [-0.2, -0.15) is 0 Å². The fraction of sp³-hybridized carbons (Fsp3) is 0.945. The largest absolute Gasteiger partial charge is 0.472 e. The Morgan fingerprint density at radius 2 is 0.500 bits per heavy atom. The first-order valence-electron chi connectivity index (χ1n) is 37.8. The molecule has 0 saturated heterocycles. The van der Waals surface area contributed by atoms with Crippen LogP contribution in [0.15, 0.2) is 0 Å². The summed E-state index contributed by atoms with van der Waals surface area (Å²) in [6.45, 7) is 11.9. The van der Waals surface area contributed by atoms with Crippen LogP contribution in [0.5, 0.6) is 0 Å². The van der Waals surface area contributed by atoms with Crippen LogP contribution in [-0.4, -0.2) is 96.7 Å². The van der Waals surface area contributed by atoms with Gasteiger partial charge in [0, 0.05) is 25.7 Å². The van der Waals surface area contributed by atoms with Gasteiger partial charge < -0.3 is 33.8 Å². The van der Waals surface area contributed by atoms with Crippen molar-refractivity contribution in [1.29, 1.82) is 0 Å². The van der Waals surface area contributed by atoms with Crippen LogP contribution in [0.25, 0.3) is 0 Å². The van der Waals surface area contributed by atoms with Gasteiger partial charge in [-0.15, -0.1) is 0 Å². The minimum Gasteiger partial charge on any atom is -0.462 e. The Kier molecular flexibility index (Phi) is 62.4. The van der Waals surface area contributed by atoms with Crippen molar-refractivity contribution in [3.8, 4) is 0 Å². The Morgan fingerprint density at radius 3 is 0.739 bits per heavy atom. The van der Waals surface area contributed by atoms with Crippen molar-refractivity contribution in [2.45, 2.75) is 388 Å². The van der Waals surface area contributed by atoms with E-state index in [9.17, 15) is 43.2 Å². The summed E-state index contributed by atoms with van der Waals surface area (Å²) in [7, 11) is -9.91. The second-order valence-electron chi connectivity index (χ2n) is 27.8. The summed E-state index contributed by atoms with van der Waals surface area (Å²) in [6.07, 6.45) is 48.4. The van der Waals surface area contributed by atoms with Gasteiger partial charge in [0.25, 0.3) is 0 Å². The van der Waals surface area contributed by atoms with Crippen molar-refractivity contribution in [1.82, 2.24) is 0 Å². The fourth-order valence-electron chi connectivity index (χ4n) is 11.1. The number of esters is 4. The molecule has 0 radical (unpaired) electrons. The predicted octanol–water partition coefficient (Wildman–Crippen LogP) is 21.0. The minimum atomic E-state index is -4.95. The first kappa shape index (κ1) is 90.1. The van der Waals surface area contributed by atoms with Gasteiger partial charge in [0.2, 0.25) is 0 Å². The average Bonchev–Trinajstić information content (AvgIpc) is 3.52. The Bertz CT molecular complexity index is 1800. The Labute approximate surface area is 562 Å². The molecule has 3 N–H and O–H groups in total. The van der Waals surface area contributed by atoms with Crippen molar-refractivity contribution in [2.75, 3.05) is 39.6 Å². The maximum absolute atomic E-state index is 13.1. The summed E-state index contributed by atoms with van der Waals surface area (Å²) in [4.78, 5) is 72.7. The first-order chi connectivity index (χ1) is 44.2. The maximum atomic E-state index is 13.1. The molecule has 0 aliphatic heterocycles. The van der Waals surface area contributed by atoms with E-state index in [1.807, 2.05) is 0 Å². The molecule has 0 spiro atoms. The van der Waals surface area contributed by atoms with Crippen LogP contribution in [-0.2, 0) is 65.4 Å². The molecule has 0 aliphatic carbocycles. The third-order valence-corrected chi connectivity index (χ3v) is 18.8. The SMILES string of the molecule is CCCCCCCCCCCCC(=O)OC[C@H](COP(=O)(O)OC[C@H](O)COP(=O)(O)OC[C@@H](COC(=O)CCCCCCCCCCCCCC(C)C)OC(=O)CCCCCCCCCCCCCCC(C)C)OC(=O)CCCCCCCCCCCCC(C)C. The van der Waals surface area contributed by atoms with Crippen molar-refractivity contribution in [3.63, 3.8) is 0 Å². The van der Waals surface area contributed by atoms with Crippen LogP contribution in [0.3, 0.4) is 0 Å². The Morgan fingerprint density at radius 1 is 0.293 bits per heavy atom. The lowest BCUT2D eigenvalue weighted by Gasteiger charge is -2.21. The second kappa shape index (κ2) is 63.8. The normalized spacial score (nSPS) is 14.1. The van der Waals surface area contributed by atoms with Crippen molar-refractivity contribution >= 4 is 39.5 Å². The van der Waals surface area contributed by atoms with Crippen molar-refractivity contribution in [2.24, 2.45) is 17.8 Å². The Hall–Kier alpha value is -1.94. The maximum Gasteiger partial charge on any atom is 0.472 e. The number of aliphatic hydroxyl groups excluding tert-OH is 1. The second-order valence-corrected chi connectivity index (χ2v) is 30.7. The van der Waals surface area contributed by atoms with Crippen LogP contribution in [0.4, 0.5) is 0 Å². The van der Waals surface area contributed by atoms with E-state index in [2.05, 4.69) is 48.5 Å². The van der Waals surface area contributed by atoms with Gasteiger partial charge in [-0.3, -0.25) is 37.3 Å². The van der Waals surface area contributed by atoms with E-state index < -0.39 is 97.5 Å². The van der Waals surface area contributed by atoms with Crippen LogP contribution in [0.2, 0.25) is 0 Å². The minimum absolute atomic E-state index is 0.106. The molecule has 19 heteroatoms. The zero-order chi connectivity index (χ0) is 68.0. The van der Waals surface area contributed by atoms with E-state index >= 15 is 0 Å². The van der Waals surface area contributed by atoms with Gasteiger partial charge in [-0.25, -0.2) is 9.13 Å². The summed E-state index contributed by atoms with van der Waals surface area (Å²) in [5, 5.41) is 10.6. The number of unbranched alkanes of at least 4 members (excludes halogenated alkanes) is 39. The van der Waals surface area contributed by atoms with Gasteiger partial charge in [0.1, 0.15) is 19.3 Å². The average molecular weight is 1350 g/mol. The van der Waals surface area contributed by atoms with E-state index in [4.69, 9.17) is 37.0 Å². The van der Waals surface area contributed by atoms with Crippen LogP contribution in [0, 0.1) is 17.8 Å². The molecule has 17 nitrogen and oxygen atoms in total. The zero-order valence-electron chi connectivity index (χ0n) is 60.0. The quantitative estimate of drug-likeness (QED) is 0.0222. The van der Waals surface area contributed by atoms with Gasteiger partial charge in [-0.05, 0) is 43.4 Å². The van der Waals surface area contributed by atoms with Crippen LogP contribution < -0.4 is 0 Å². The van der Waals surface area contributed by atoms with Crippen LogP contribution >= 0.6 is 15.6 Å². The standard InChI is InChI=1S/C73H142O17P2/c1-8-9-10-11-12-13-26-33-40-47-54-70(75)83-60-68(90-73(78)57-50-43-36-29-22-21-25-32-39-46-53-66(6)7)62-87-91(79,80)85-58-67(74)59-86-92(81,82)88-63-69(61-84-71(76)55-48-41-34-27-20-16-18-24-31-38-45-52-65(4)5)89-72(77)56-49-42-35-28-19-15-14-17-23-30-37-44-51-64(2)3/h64-69,74H,8-63H2,1-7H3,(H,79,80)(H,81,82)/t67-,68+,69+/m0/s1. The van der Waals surface area contributed by atoms with Crippen molar-refractivity contribution < 1.29 is 80.2 Å². The summed E-state index contributed by atoms with van der Waals surface area (Å²) < 4.78 is 68.4. The van der Waals surface area contributed by atoms with Gasteiger partial charge >= 0.3 is 39.5 Å².